The number of rotatable bonds is 4. The van der Waals surface area contributed by atoms with Crippen molar-refractivity contribution in [1.29, 1.82) is 0 Å². The Morgan fingerprint density at radius 2 is 1.53 bits per heavy atom. The van der Waals surface area contributed by atoms with Crippen LogP contribution in [0.5, 0.6) is 0 Å². The fourth-order valence-corrected chi connectivity index (χ4v) is 2.52. The molecule has 0 amide bonds. The molecule has 0 saturated heterocycles. The summed E-state index contributed by atoms with van der Waals surface area (Å²) in [4.78, 5) is 0. The van der Waals surface area contributed by atoms with Crippen molar-refractivity contribution in [3.8, 4) is 0 Å². The van der Waals surface area contributed by atoms with Gasteiger partial charge in [0.2, 0.25) is 0 Å². The van der Waals surface area contributed by atoms with Crippen LogP contribution in [0.25, 0.3) is 0 Å². The van der Waals surface area contributed by atoms with Gasteiger partial charge in [0.05, 0.1) is 0 Å². The summed E-state index contributed by atoms with van der Waals surface area (Å²) in [6, 6.07) is 17.8. The fourth-order valence-electron chi connectivity index (χ4n) is 2.26. The molecule has 2 heteroatoms. The van der Waals surface area contributed by atoms with Crippen LogP contribution in [0.2, 0.25) is 0 Å². The van der Waals surface area contributed by atoms with Crippen LogP contribution >= 0.6 is 15.9 Å². The van der Waals surface area contributed by atoms with Gasteiger partial charge in [-0.3, -0.25) is 0 Å². The van der Waals surface area contributed by atoms with Gasteiger partial charge in [-0.2, -0.15) is 0 Å². The standard InChI is InChI=1S/C17H20BrN/c1-12-5-4-6-16(11-12)14(3)19-13(2)15-7-9-17(18)10-8-15/h4-11,13-14,19H,1-3H3/t13-,14?/m1/s1. The van der Waals surface area contributed by atoms with E-state index < -0.39 is 0 Å². The van der Waals surface area contributed by atoms with E-state index in [0.29, 0.717) is 12.1 Å². The minimum absolute atomic E-state index is 0.337. The van der Waals surface area contributed by atoms with Crippen LogP contribution in [-0.4, -0.2) is 0 Å². The number of hydrogen-bond donors (Lipinski definition) is 1. The molecule has 2 atom stereocenters. The van der Waals surface area contributed by atoms with Crippen molar-refractivity contribution in [3.63, 3.8) is 0 Å². The van der Waals surface area contributed by atoms with Gasteiger partial charge in [-0.15, -0.1) is 0 Å². The van der Waals surface area contributed by atoms with Crippen molar-refractivity contribution >= 4 is 15.9 Å². The Bertz CT molecular complexity index is 533. The number of benzene rings is 2. The lowest BCUT2D eigenvalue weighted by molar-refractivity contribution is 0.494. The second kappa shape index (κ2) is 6.36. The largest absolute Gasteiger partial charge is 0.304 e. The monoisotopic (exact) mass is 317 g/mol. The minimum Gasteiger partial charge on any atom is -0.304 e. The highest BCUT2D eigenvalue weighted by Crippen LogP contribution is 2.21. The average molecular weight is 318 g/mol. The first-order valence-corrected chi connectivity index (χ1v) is 7.43. The van der Waals surface area contributed by atoms with E-state index in [1.54, 1.807) is 0 Å². The molecule has 0 heterocycles. The molecule has 0 radical (unpaired) electrons. The van der Waals surface area contributed by atoms with E-state index in [0.717, 1.165) is 4.47 Å². The zero-order valence-electron chi connectivity index (χ0n) is 11.7. The van der Waals surface area contributed by atoms with Gasteiger partial charge in [0.1, 0.15) is 0 Å². The summed E-state index contributed by atoms with van der Waals surface area (Å²) in [7, 11) is 0. The Morgan fingerprint density at radius 3 is 2.16 bits per heavy atom. The average Bonchev–Trinajstić information content (AvgIpc) is 2.39. The van der Waals surface area contributed by atoms with Crippen molar-refractivity contribution in [1.82, 2.24) is 5.32 Å². The van der Waals surface area contributed by atoms with Crippen molar-refractivity contribution in [2.24, 2.45) is 0 Å². The predicted molar refractivity (Wildman–Crippen MR) is 85.3 cm³/mol. The molecule has 0 fully saturated rings. The topological polar surface area (TPSA) is 12.0 Å². The lowest BCUT2D eigenvalue weighted by atomic mass is 10.0. The first-order chi connectivity index (χ1) is 9.06. The maximum Gasteiger partial charge on any atom is 0.0297 e. The second-order valence-corrected chi connectivity index (χ2v) is 5.99. The predicted octanol–water partition coefficient (Wildman–Crippen LogP) is 5.17. The minimum atomic E-state index is 0.337. The lowest BCUT2D eigenvalue weighted by Gasteiger charge is -2.21. The molecule has 2 rings (SSSR count). The number of hydrogen-bond acceptors (Lipinski definition) is 1. The molecule has 0 aromatic heterocycles. The van der Waals surface area contributed by atoms with Gasteiger partial charge in [-0.05, 0) is 44.0 Å². The molecule has 1 N–H and O–H groups in total. The number of aryl methyl sites for hydroxylation is 1. The van der Waals surface area contributed by atoms with E-state index in [1.165, 1.54) is 16.7 Å². The zero-order chi connectivity index (χ0) is 13.8. The van der Waals surface area contributed by atoms with Crippen molar-refractivity contribution < 1.29 is 0 Å². The van der Waals surface area contributed by atoms with Crippen molar-refractivity contribution in [3.05, 3.63) is 69.7 Å². The van der Waals surface area contributed by atoms with Crippen LogP contribution in [0.4, 0.5) is 0 Å². The summed E-state index contributed by atoms with van der Waals surface area (Å²) in [5.41, 5.74) is 3.95. The lowest BCUT2D eigenvalue weighted by Crippen LogP contribution is -2.22. The summed E-state index contributed by atoms with van der Waals surface area (Å²) in [6.07, 6.45) is 0. The van der Waals surface area contributed by atoms with Crippen LogP contribution < -0.4 is 5.32 Å². The Hall–Kier alpha value is -1.12. The molecule has 0 saturated carbocycles. The summed E-state index contributed by atoms with van der Waals surface area (Å²) in [5, 5.41) is 3.64. The van der Waals surface area contributed by atoms with Crippen LogP contribution in [0, 0.1) is 6.92 Å². The van der Waals surface area contributed by atoms with Gasteiger partial charge in [-0.25, -0.2) is 0 Å². The van der Waals surface area contributed by atoms with Crippen molar-refractivity contribution in [2.45, 2.75) is 32.9 Å². The molecule has 0 aliphatic carbocycles. The molecule has 0 bridgehead atoms. The molecule has 2 aromatic rings. The Labute approximate surface area is 124 Å². The summed E-state index contributed by atoms with van der Waals surface area (Å²) in [6.45, 7) is 6.55. The Kier molecular flexibility index (Phi) is 4.78. The van der Waals surface area contributed by atoms with E-state index in [1.807, 2.05) is 0 Å². The van der Waals surface area contributed by atoms with Gasteiger partial charge < -0.3 is 5.32 Å². The highest BCUT2D eigenvalue weighted by Gasteiger charge is 2.11. The van der Waals surface area contributed by atoms with Crippen molar-refractivity contribution in [2.75, 3.05) is 0 Å². The van der Waals surface area contributed by atoms with Gasteiger partial charge >= 0.3 is 0 Å². The van der Waals surface area contributed by atoms with E-state index >= 15 is 0 Å². The van der Waals surface area contributed by atoms with Crippen LogP contribution in [0.15, 0.2) is 53.0 Å². The molecule has 0 spiro atoms. The fraction of sp³-hybridized carbons (Fsp3) is 0.294. The van der Waals surface area contributed by atoms with Crippen LogP contribution in [-0.2, 0) is 0 Å². The normalized spacial score (nSPS) is 14.1. The molecule has 1 unspecified atom stereocenters. The SMILES string of the molecule is Cc1cccc(C(C)N[C@H](C)c2ccc(Br)cc2)c1. The highest BCUT2D eigenvalue weighted by atomic mass is 79.9. The summed E-state index contributed by atoms with van der Waals surface area (Å²) < 4.78 is 1.12. The molecule has 0 aliphatic heterocycles. The molecule has 0 aliphatic rings. The van der Waals surface area contributed by atoms with E-state index in [9.17, 15) is 0 Å². The van der Waals surface area contributed by atoms with E-state index in [-0.39, 0.29) is 0 Å². The third-order valence-electron chi connectivity index (χ3n) is 3.41. The summed E-state index contributed by atoms with van der Waals surface area (Å²) >= 11 is 3.47. The molecular formula is C17H20BrN. The maximum atomic E-state index is 3.64. The molecule has 1 nitrogen and oxygen atoms in total. The van der Waals surface area contributed by atoms with Gasteiger partial charge in [0, 0.05) is 16.6 Å². The number of halogens is 1. The van der Waals surface area contributed by atoms with Gasteiger partial charge in [0.15, 0.2) is 0 Å². The Balaban J connectivity index is 2.06. The molecule has 2 aromatic carbocycles. The van der Waals surface area contributed by atoms with Crippen LogP contribution in [0.3, 0.4) is 0 Å². The zero-order valence-corrected chi connectivity index (χ0v) is 13.2. The van der Waals surface area contributed by atoms with Gasteiger partial charge in [-0.1, -0.05) is 57.9 Å². The summed E-state index contributed by atoms with van der Waals surface area (Å²) in [5.74, 6) is 0. The molecular weight excluding hydrogens is 298 g/mol. The molecule has 100 valence electrons. The Morgan fingerprint density at radius 1 is 0.895 bits per heavy atom. The first kappa shape index (κ1) is 14.3. The van der Waals surface area contributed by atoms with Crippen LogP contribution in [0.1, 0.15) is 42.6 Å². The smallest absolute Gasteiger partial charge is 0.0297 e. The third-order valence-corrected chi connectivity index (χ3v) is 3.94. The quantitative estimate of drug-likeness (QED) is 0.820. The van der Waals surface area contributed by atoms with E-state index in [2.05, 4.69) is 90.5 Å². The third kappa shape index (κ3) is 3.92. The molecule has 19 heavy (non-hydrogen) atoms. The maximum absolute atomic E-state index is 3.64. The first-order valence-electron chi connectivity index (χ1n) is 6.64. The van der Waals surface area contributed by atoms with Gasteiger partial charge in [0.25, 0.3) is 0 Å². The van der Waals surface area contributed by atoms with E-state index in [4.69, 9.17) is 0 Å². The number of nitrogens with one attached hydrogen (secondary N) is 1. The second-order valence-electron chi connectivity index (χ2n) is 5.08. The highest BCUT2D eigenvalue weighted by molar-refractivity contribution is 9.10.